The smallest absolute Gasteiger partial charge is 0.246 e. The molecule has 2 fully saturated rings. The van der Waals surface area contributed by atoms with E-state index in [1.807, 2.05) is 50.5 Å². The number of benzene rings is 1. The predicted octanol–water partition coefficient (Wildman–Crippen LogP) is 3.61. The van der Waals surface area contributed by atoms with Crippen LogP contribution in [0.15, 0.2) is 53.8 Å². The first-order valence-electron chi connectivity index (χ1n) is 13.6. The van der Waals surface area contributed by atoms with Crippen LogP contribution in [0.5, 0.6) is 0 Å². The standard InChI is InChI=1S/C30H35FN4O4S/c1-17(2)25(35-15-30(4)22(28(35)38)6-5-7-24(30)31)29(39)34-14-21(36)12-23(34)27(37)32-13-19-8-10-20(11-9-19)26-18(3)33-16-40-26/h5-11,16-17,21-23,25,36H,12-15H2,1-4H3,(H,32,37)/t21-,22?,23+,25+,30?/m1/s1. The summed E-state index contributed by atoms with van der Waals surface area (Å²) >= 11 is 1.57. The van der Waals surface area contributed by atoms with Gasteiger partial charge in [-0.15, -0.1) is 11.3 Å². The molecule has 3 aliphatic rings. The fraction of sp³-hybridized carbons (Fsp3) is 0.467. The normalized spacial score (nSPS) is 26.7. The van der Waals surface area contributed by atoms with Gasteiger partial charge in [-0.05, 0) is 30.0 Å². The molecule has 212 valence electrons. The molecule has 8 nitrogen and oxygen atoms in total. The summed E-state index contributed by atoms with van der Waals surface area (Å²) in [5, 5.41) is 13.4. The number of aromatic nitrogens is 1. The molecule has 2 aromatic rings. The zero-order valence-corrected chi connectivity index (χ0v) is 24.0. The van der Waals surface area contributed by atoms with Gasteiger partial charge in [0.2, 0.25) is 17.7 Å². The van der Waals surface area contributed by atoms with Gasteiger partial charge in [0.1, 0.15) is 17.9 Å². The van der Waals surface area contributed by atoms with Crippen molar-refractivity contribution in [2.75, 3.05) is 13.1 Å². The van der Waals surface area contributed by atoms with E-state index in [1.165, 1.54) is 15.9 Å². The third kappa shape index (κ3) is 4.99. The van der Waals surface area contributed by atoms with Crippen LogP contribution >= 0.6 is 11.3 Å². The fourth-order valence-corrected chi connectivity index (χ4v) is 6.90. The van der Waals surface area contributed by atoms with Crippen LogP contribution in [-0.2, 0) is 20.9 Å². The van der Waals surface area contributed by atoms with E-state index in [0.717, 1.165) is 21.7 Å². The van der Waals surface area contributed by atoms with Crippen molar-refractivity contribution in [3.05, 3.63) is 65.1 Å². The molecule has 2 saturated heterocycles. The zero-order valence-electron chi connectivity index (χ0n) is 23.1. The number of hydrogen-bond donors (Lipinski definition) is 2. The molecule has 3 heterocycles. The molecule has 3 amide bonds. The number of carbonyl (C=O) groups is 3. The molecule has 5 rings (SSSR count). The number of hydrogen-bond acceptors (Lipinski definition) is 6. The van der Waals surface area contributed by atoms with Crippen molar-refractivity contribution in [1.29, 1.82) is 0 Å². The first kappa shape index (κ1) is 28.2. The van der Waals surface area contributed by atoms with Crippen molar-refractivity contribution in [2.45, 2.75) is 58.8 Å². The van der Waals surface area contributed by atoms with E-state index in [9.17, 15) is 23.9 Å². The van der Waals surface area contributed by atoms with Crippen LogP contribution in [0, 0.1) is 24.2 Å². The maximum Gasteiger partial charge on any atom is 0.246 e. The lowest BCUT2D eigenvalue weighted by molar-refractivity contribution is -0.149. The van der Waals surface area contributed by atoms with Crippen molar-refractivity contribution in [1.82, 2.24) is 20.1 Å². The highest BCUT2D eigenvalue weighted by Gasteiger charge is 2.55. The number of nitrogens with zero attached hydrogens (tertiary/aromatic N) is 3. The monoisotopic (exact) mass is 566 g/mol. The Labute approximate surface area is 237 Å². The van der Waals surface area contributed by atoms with Crippen LogP contribution in [0.2, 0.25) is 0 Å². The lowest BCUT2D eigenvalue weighted by Gasteiger charge is -2.36. The van der Waals surface area contributed by atoms with Gasteiger partial charge in [-0.1, -0.05) is 57.2 Å². The largest absolute Gasteiger partial charge is 0.391 e. The third-order valence-electron chi connectivity index (χ3n) is 8.34. The number of carbonyl (C=O) groups excluding carboxylic acids is 3. The number of thiazole rings is 1. The molecule has 2 aliphatic heterocycles. The van der Waals surface area contributed by atoms with Gasteiger partial charge in [0, 0.05) is 26.1 Å². The van der Waals surface area contributed by atoms with Crippen molar-refractivity contribution < 1.29 is 23.9 Å². The summed E-state index contributed by atoms with van der Waals surface area (Å²) in [6.07, 6.45) is 3.85. The highest BCUT2D eigenvalue weighted by atomic mass is 32.1. The highest BCUT2D eigenvalue weighted by Crippen LogP contribution is 2.47. The number of aryl methyl sites for hydroxylation is 1. The number of aliphatic hydroxyl groups is 1. The average Bonchev–Trinajstić information content (AvgIpc) is 3.60. The molecule has 10 heteroatoms. The van der Waals surface area contributed by atoms with Crippen LogP contribution in [0.3, 0.4) is 0 Å². The van der Waals surface area contributed by atoms with Crippen LogP contribution in [-0.4, -0.2) is 68.9 Å². The molecule has 1 aromatic carbocycles. The highest BCUT2D eigenvalue weighted by molar-refractivity contribution is 7.13. The number of halogens is 1. The van der Waals surface area contributed by atoms with Crippen LogP contribution < -0.4 is 5.32 Å². The average molecular weight is 567 g/mol. The lowest BCUT2D eigenvalue weighted by Crippen LogP contribution is -2.56. The summed E-state index contributed by atoms with van der Waals surface area (Å²) in [7, 11) is 0. The number of fused-ring (bicyclic) bond motifs is 1. The Morgan fingerprint density at radius 1 is 1.27 bits per heavy atom. The molecule has 0 saturated carbocycles. The summed E-state index contributed by atoms with van der Waals surface area (Å²) < 4.78 is 14.8. The minimum atomic E-state index is -1.03. The van der Waals surface area contributed by atoms with Crippen molar-refractivity contribution in [3.8, 4) is 10.4 Å². The van der Waals surface area contributed by atoms with Crippen LogP contribution in [0.25, 0.3) is 10.4 Å². The third-order valence-corrected chi connectivity index (χ3v) is 9.32. The van der Waals surface area contributed by atoms with Crippen molar-refractivity contribution >= 4 is 29.1 Å². The van der Waals surface area contributed by atoms with Gasteiger partial charge in [0.05, 0.1) is 33.5 Å². The number of likely N-dealkylation sites (tertiary alicyclic amines) is 2. The quantitative estimate of drug-likeness (QED) is 0.533. The van der Waals surface area contributed by atoms with Gasteiger partial charge in [0.15, 0.2) is 0 Å². The predicted molar refractivity (Wildman–Crippen MR) is 151 cm³/mol. The Kier molecular flexibility index (Phi) is 7.67. The molecule has 0 bridgehead atoms. The molecule has 2 unspecified atom stereocenters. The second-order valence-electron chi connectivity index (χ2n) is 11.5. The van der Waals surface area contributed by atoms with Crippen LogP contribution in [0.1, 0.15) is 38.4 Å². The molecule has 0 spiro atoms. The maximum atomic E-state index is 14.8. The number of rotatable bonds is 7. The second-order valence-corrected chi connectivity index (χ2v) is 12.4. The summed E-state index contributed by atoms with van der Waals surface area (Å²) in [6, 6.07) is 6.12. The molecule has 2 N–H and O–H groups in total. The zero-order chi connectivity index (χ0) is 28.8. The van der Waals surface area contributed by atoms with Gasteiger partial charge in [-0.25, -0.2) is 9.37 Å². The number of β-amino-alcohol motifs (C(OH)–C–C–N with tert-alkyl or cyclic N) is 1. The van der Waals surface area contributed by atoms with E-state index in [2.05, 4.69) is 10.3 Å². The van der Waals surface area contributed by atoms with E-state index >= 15 is 0 Å². The molecule has 1 aliphatic carbocycles. The SMILES string of the molecule is Cc1ncsc1-c1ccc(CNC(=O)[C@@H]2C[C@@H](O)CN2C(=O)[C@H](C(C)C)N2CC3(C)C(F)=CC=CC3C2=O)cc1. The van der Waals surface area contributed by atoms with E-state index in [1.54, 1.807) is 30.4 Å². The summed E-state index contributed by atoms with van der Waals surface area (Å²) in [4.78, 5) is 48.9. The van der Waals surface area contributed by atoms with Gasteiger partial charge in [-0.3, -0.25) is 14.4 Å². The minimum Gasteiger partial charge on any atom is -0.391 e. The Morgan fingerprint density at radius 2 is 2.00 bits per heavy atom. The van der Waals surface area contributed by atoms with E-state index in [-0.39, 0.29) is 49.6 Å². The number of amides is 3. The van der Waals surface area contributed by atoms with Gasteiger partial charge in [-0.2, -0.15) is 0 Å². The molecular weight excluding hydrogens is 531 g/mol. The fourth-order valence-electron chi connectivity index (χ4n) is 6.09. The first-order valence-corrected chi connectivity index (χ1v) is 14.5. The molecule has 1 aromatic heterocycles. The van der Waals surface area contributed by atoms with E-state index in [0.29, 0.717) is 0 Å². The van der Waals surface area contributed by atoms with E-state index in [4.69, 9.17) is 0 Å². The number of aliphatic hydroxyl groups excluding tert-OH is 1. The van der Waals surface area contributed by atoms with Crippen molar-refractivity contribution in [3.63, 3.8) is 0 Å². The number of allylic oxidation sites excluding steroid dienone is 2. The van der Waals surface area contributed by atoms with E-state index < -0.39 is 35.4 Å². The first-order chi connectivity index (χ1) is 19.0. The Bertz CT molecular complexity index is 1370. The Morgan fingerprint density at radius 3 is 2.62 bits per heavy atom. The Hall–Kier alpha value is -3.37. The second kappa shape index (κ2) is 10.9. The minimum absolute atomic E-state index is 0.0000686. The molecule has 40 heavy (non-hydrogen) atoms. The summed E-state index contributed by atoms with van der Waals surface area (Å²) in [5.41, 5.74) is 3.70. The van der Waals surface area contributed by atoms with Crippen LogP contribution in [0.4, 0.5) is 4.39 Å². The van der Waals surface area contributed by atoms with Gasteiger partial charge in [0.25, 0.3) is 0 Å². The summed E-state index contributed by atoms with van der Waals surface area (Å²) in [5.74, 6) is -2.40. The molecule has 0 radical (unpaired) electrons. The Balaban J connectivity index is 1.29. The molecular formula is C30H35FN4O4S. The topological polar surface area (TPSA) is 103 Å². The maximum absolute atomic E-state index is 14.8. The number of nitrogens with one attached hydrogen (secondary N) is 1. The van der Waals surface area contributed by atoms with Gasteiger partial charge < -0.3 is 20.2 Å². The molecule has 5 atom stereocenters. The van der Waals surface area contributed by atoms with Crippen molar-refractivity contribution in [2.24, 2.45) is 17.3 Å². The van der Waals surface area contributed by atoms with Gasteiger partial charge >= 0.3 is 0 Å². The summed E-state index contributed by atoms with van der Waals surface area (Å²) in [6.45, 7) is 7.68. The lowest BCUT2D eigenvalue weighted by atomic mass is 9.76.